The third kappa shape index (κ3) is 5.59. The molecule has 1 fully saturated rings. The Labute approximate surface area is 212 Å². The Morgan fingerprint density at radius 2 is 1.89 bits per heavy atom. The van der Waals surface area contributed by atoms with Gasteiger partial charge in [0, 0.05) is 36.8 Å². The number of hydrogen-bond donors (Lipinski definition) is 2. The molecule has 1 unspecified atom stereocenters. The minimum atomic E-state index is -1.98. The number of ether oxygens (including phenoxy) is 1. The molecular weight excluding hydrogens is 476 g/mol. The molecule has 0 amide bonds. The molecule has 4 aromatic rings. The summed E-state index contributed by atoms with van der Waals surface area (Å²) in [5.74, 6) is 0.931. The topological polar surface area (TPSA) is 98.4 Å². The summed E-state index contributed by atoms with van der Waals surface area (Å²) >= 11 is -1.98. The average Bonchev–Trinajstić information content (AvgIpc) is 3.28. The van der Waals surface area contributed by atoms with E-state index in [2.05, 4.69) is 34.1 Å². The monoisotopic (exact) mass is 506 g/mol. The highest BCUT2D eigenvalue weighted by atomic mass is 32.2. The highest BCUT2D eigenvalue weighted by Gasteiger charge is 2.24. The summed E-state index contributed by atoms with van der Waals surface area (Å²) in [6.07, 6.45) is 7.19. The second-order valence-corrected chi connectivity index (χ2v) is 10.2. The van der Waals surface area contributed by atoms with Crippen LogP contribution in [0.5, 0.6) is 5.75 Å². The van der Waals surface area contributed by atoms with Crippen LogP contribution in [-0.4, -0.2) is 35.8 Å². The van der Waals surface area contributed by atoms with Gasteiger partial charge in [0.25, 0.3) is 5.56 Å². The molecule has 0 radical (unpaired) electrons. The molecular formula is C27H30N4O4S. The largest absolute Gasteiger partial charge is 0.490 e. The number of hydrogen-bond acceptors (Lipinski definition) is 4. The third-order valence-electron chi connectivity index (χ3n) is 6.90. The quantitative estimate of drug-likeness (QED) is 0.351. The molecule has 8 nitrogen and oxygen atoms in total. The van der Waals surface area contributed by atoms with Crippen molar-refractivity contribution in [3.8, 4) is 16.9 Å². The molecule has 2 aromatic carbocycles. The van der Waals surface area contributed by atoms with Gasteiger partial charge >= 0.3 is 0 Å². The van der Waals surface area contributed by atoms with E-state index in [0.717, 1.165) is 47.7 Å². The smallest absolute Gasteiger partial charge is 0.254 e. The molecule has 0 spiro atoms. The highest BCUT2D eigenvalue weighted by Crippen LogP contribution is 2.34. The van der Waals surface area contributed by atoms with Crippen LogP contribution in [0, 0.1) is 5.92 Å². The van der Waals surface area contributed by atoms with Gasteiger partial charge in [-0.25, -0.2) is 8.93 Å². The summed E-state index contributed by atoms with van der Waals surface area (Å²) in [5.41, 5.74) is 3.91. The number of aryl methyl sites for hydroxylation is 1. The lowest BCUT2D eigenvalue weighted by atomic mass is 9.87. The summed E-state index contributed by atoms with van der Waals surface area (Å²) in [6.45, 7) is 1.19. The summed E-state index contributed by atoms with van der Waals surface area (Å²) in [7, 11) is 1.75. The van der Waals surface area contributed by atoms with Crippen LogP contribution in [0.3, 0.4) is 0 Å². The number of pyridine rings is 1. The van der Waals surface area contributed by atoms with E-state index in [0.29, 0.717) is 24.8 Å². The third-order valence-corrected chi connectivity index (χ3v) is 7.32. The van der Waals surface area contributed by atoms with Gasteiger partial charge in [-0.2, -0.15) is 5.10 Å². The van der Waals surface area contributed by atoms with Crippen molar-refractivity contribution >= 4 is 22.2 Å². The van der Waals surface area contributed by atoms with Crippen LogP contribution in [0.25, 0.3) is 22.0 Å². The summed E-state index contributed by atoms with van der Waals surface area (Å²) in [4.78, 5) is 12.5. The predicted molar refractivity (Wildman–Crippen MR) is 141 cm³/mol. The molecule has 0 saturated heterocycles. The normalized spacial score (nSPS) is 18.8. The minimum absolute atomic E-state index is 0.000861. The molecule has 2 N–H and O–H groups in total. The van der Waals surface area contributed by atoms with Crippen LogP contribution in [-0.2, 0) is 24.9 Å². The molecule has 5 rings (SSSR count). The van der Waals surface area contributed by atoms with Crippen LogP contribution >= 0.6 is 0 Å². The van der Waals surface area contributed by atoms with E-state index < -0.39 is 11.3 Å². The summed E-state index contributed by atoms with van der Waals surface area (Å²) in [6, 6.07) is 18.0. The fraction of sp³-hybridized carbons (Fsp3) is 0.333. The molecule has 1 aliphatic carbocycles. The van der Waals surface area contributed by atoms with Gasteiger partial charge in [0.1, 0.15) is 5.75 Å². The van der Waals surface area contributed by atoms with Crippen molar-refractivity contribution in [1.29, 1.82) is 0 Å². The first-order valence-corrected chi connectivity index (χ1v) is 13.3. The van der Waals surface area contributed by atoms with Gasteiger partial charge in [-0.05, 0) is 48.8 Å². The average molecular weight is 507 g/mol. The standard InChI is InChI=1S/C27H30N4O4S/c1-30-18-24(26(14-27(30)32)35-23-11-7-19(8-12-23)15-29-36(33)34)21-9-10-22-16-28-31(25(22)13-21)17-20-5-3-2-4-6-20/h2-6,9-10,13-14,16,18-19,23,29H,7-8,11-12,15,17H2,1H3,(H,33,34). The number of benzene rings is 2. The summed E-state index contributed by atoms with van der Waals surface area (Å²) in [5, 5.41) is 5.65. The number of nitrogens with zero attached hydrogens (tertiary/aromatic N) is 3. The van der Waals surface area contributed by atoms with Crippen LogP contribution in [0.2, 0.25) is 0 Å². The number of fused-ring (bicyclic) bond motifs is 1. The van der Waals surface area contributed by atoms with Gasteiger partial charge in [-0.3, -0.25) is 14.0 Å². The van der Waals surface area contributed by atoms with Crippen LogP contribution in [0.15, 0.2) is 71.8 Å². The zero-order valence-electron chi connectivity index (χ0n) is 20.2. The second-order valence-electron chi connectivity index (χ2n) is 9.42. The molecule has 2 heterocycles. The lowest BCUT2D eigenvalue weighted by Gasteiger charge is -2.29. The lowest BCUT2D eigenvalue weighted by molar-refractivity contribution is 0.132. The first-order valence-electron chi connectivity index (χ1n) is 12.2. The van der Waals surface area contributed by atoms with Crippen molar-refractivity contribution < 1.29 is 13.5 Å². The predicted octanol–water partition coefficient (Wildman–Crippen LogP) is 4.11. The molecule has 188 valence electrons. The van der Waals surface area contributed by atoms with Crippen molar-refractivity contribution in [3.63, 3.8) is 0 Å². The van der Waals surface area contributed by atoms with Gasteiger partial charge in [0.15, 0.2) is 0 Å². The maximum absolute atomic E-state index is 12.5. The van der Waals surface area contributed by atoms with Crippen LogP contribution in [0.1, 0.15) is 31.2 Å². The minimum Gasteiger partial charge on any atom is -0.490 e. The number of aromatic nitrogens is 3. The van der Waals surface area contributed by atoms with E-state index in [4.69, 9.17) is 9.29 Å². The zero-order valence-corrected chi connectivity index (χ0v) is 21.0. The maximum Gasteiger partial charge on any atom is 0.254 e. The van der Waals surface area contributed by atoms with E-state index >= 15 is 0 Å². The molecule has 2 aromatic heterocycles. The van der Waals surface area contributed by atoms with Crippen molar-refractivity contribution in [1.82, 2.24) is 19.1 Å². The SMILES string of the molecule is Cn1cc(-c2ccc3cnn(Cc4ccccc4)c3c2)c(OC2CCC(CNS(=O)O)CC2)cc1=O. The van der Waals surface area contributed by atoms with Crippen molar-refractivity contribution in [3.05, 3.63) is 82.9 Å². The summed E-state index contributed by atoms with van der Waals surface area (Å²) < 4.78 is 32.4. The van der Waals surface area contributed by atoms with E-state index in [1.54, 1.807) is 17.7 Å². The number of rotatable bonds is 8. The Morgan fingerprint density at radius 1 is 1.11 bits per heavy atom. The molecule has 0 aliphatic heterocycles. The molecule has 1 atom stereocenters. The van der Waals surface area contributed by atoms with Crippen LogP contribution < -0.4 is 15.0 Å². The molecule has 1 saturated carbocycles. The van der Waals surface area contributed by atoms with E-state index in [1.807, 2.05) is 41.3 Å². The van der Waals surface area contributed by atoms with Gasteiger partial charge < -0.3 is 9.30 Å². The van der Waals surface area contributed by atoms with E-state index in [-0.39, 0.29) is 11.7 Å². The molecule has 36 heavy (non-hydrogen) atoms. The number of nitrogens with one attached hydrogen (secondary N) is 1. The zero-order chi connectivity index (χ0) is 25.1. The maximum atomic E-state index is 12.5. The Morgan fingerprint density at radius 3 is 2.64 bits per heavy atom. The van der Waals surface area contributed by atoms with Gasteiger partial charge in [0.2, 0.25) is 11.3 Å². The van der Waals surface area contributed by atoms with E-state index in [1.165, 1.54) is 5.56 Å². The van der Waals surface area contributed by atoms with Gasteiger partial charge in [0.05, 0.1) is 24.4 Å². The lowest BCUT2D eigenvalue weighted by Crippen LogP contribution is -2.31. The highest BCUT2D eigenvalue weighted by molar-refractivity contribution is 7.77. The van der Waals surface area contributed by atoms with Gasteiger partial charge in [-0.1, -0.05) is 42.5 Å². The van der Waals surface area contributed by atoms with Crippen molar-refractivity contribution in [2.45, 2.75) is 38.3 Å². The van der Waals surface area contributed by atoms with E-state index in [9.17, 15) is 9.00 Å². The fourth-order valence-corrected chi connectivity index (χ4v) is 5.25. The second kappa shape index (κ2) is 10.8. The Kier molecular flexibility index (Phi) is 7.31. The molecule has 9 heteroatoms. The van der Waals surface area contributed by atoms with Crippen molar-refractivity contribution in [2.24, 2.45) is 13.0 Å². The first kappa shape index (κ1) is 24.4. The fourth-order valence-electron chi connectivity index (χ4n) is 4.87. The Balaban J connectivity index is 1.40. The van der Waals surface area contributed by atoms with Crippen molar-refractivity contribution in [2.75, 3.05) is 6.54 Å². The Bertz CT molecular complexity index is 1420. The molecule has 0 bridgehead atoms. The Hall–Kier alpha value is -3.27. The van der Waals surface area contributed by atoms with Crippen LogP contribution in [0.4, 0.5) is 0 Å². The van der Waals surface area contributed by atoms with Gasteiger partial charge in [-0.15, -0.1) is 0 Å². The first-order chi connectivity index (χ1) is 17.5. The molecule has 1 aliphatic rings.